The smallest absolute Gasteiger partial charge is 0.108 e. The van der Waals surface area contributed by atoms with Crippen molar-refractivity contribution in [1.82, 2.24) is 4.98 Å². The van der Waals surface area contributed by atoms with Gasteiger partial charge in [0.2, 0.25) is 0 Å². The van der Waals surface area contributed by atoms with Gasteiger partial charge in [-0.3, -0.25) is 0 Å². The summed E-state index contributed by atoms with van der Waals surface area (Å²) in [5.74, 6) is 0. The van der Waals surface area contributed by atoms with Crippen LogP contribution >= 0.6 is 38.6 Å². The molecule has 4 heteroatoms. The van der Waals surface area contributed by atoms with Crippen molar-refractivity contribution in [2.75, 3.05) is 0 Å². The maximum atomic E-state index is 4.45. The monoisotopic (exact) mass is 247 g/mol. The fourth-order valence-electron chi connectivity index (χ4n) is 0.903. The van der Waals surface area contributed by atoms with Crippen molar-refractivity contribution in [1.29, 1.82) is 0 Å². The summed E-state index contributed by atoms with van der Waals surface area (Å²) in [5, 5.41) is 1.23. The third-order valence-electron chi connectivity index (χ3n) is 1.41. The maximum absolute atomic E-state index is 4.45. The molecular weight excluding hydrogens is 242 g/mol. The molecule has 0 aliphatic heterocycles. The normalized spacial score (nSPS) is 11.1. The Morgan fingerprint density at radius 1 is 1.55 bits per heavy atom. The van der Waals surface area contributed by atoms with Crippen LogP contribution in [-0.4, -0.2) is 4.98 Å². The largest absolute Gasteiger partial charge is 0.240 e. The molecule has 58 valence electrons. The number of thiazole rings is 1. The second-order valence-electron chi connectivity index (χ2n) is 2.18. The lowest BCUT2D eigenvalue weighted by Gasteiger charge is -1.80. The van der Waals surface area contributed by atoms with Crippen molar-refractivity contribution in [2.24, 2.45) is 0 Å². The lowest BCUT2D eigenvalue weighted by atomic mass is 10.5. The first-order valence-electron chi connectivity index (χ1n) is 3.34. The van der Waals surface area contributed by atoms with Gasteiger partial charge in [0.25, 0.3) is 0 Å². The van der Waals surface area contributed by atoms with Crippen LogP contribution in [0.4, 0.5) is 0 Å². The summed E-state index contributed by atoms with van der Waals surface area (Å²) in [5.41, 5.74) is 1.14. The van der Waals surface area contributed by atoms with Gasteiger partial charge in [-0.05, 0) is 28.4 Å². The Morgan fingerprint density at radius 3 is 3.00 bits per heavy atom. The van der Waals surface area contributed by atoms with E-state index >= 15 is 0 Å². The summed E-state index contributed by atoms with van der Waals surface area (Å²) in [4.78, 5) is 4.45. The van der Waals surface area contributed by atoms with Gasteiger partial charge in [-0.1, -0.05) is 6.92 Å². The summed E-state index contributed by atoms with van der Waals surface area (Å²) in [7, 11) is 0. The Kier molecular flexibility index (Phi) is 1.99. The van der Waals surface area contributed by atoms with Gasteiger partial charge in [-0.2, -0.15) is 0 Å². The highest BCUT2D eigenvalue weighted by Gasteiger charge is 2.04. The molecule has 0 amide bonds. The fourth-order valence-corrected chi connectivity index (χ4v) is 3.92. The van der Waals surface area contributed by atoms with E-state index in [9.17, 15) is 0 Å². The first-order valence-corrected chi connectivity index (χ1v) is 5.77. The van der Waals surface area contributed by atoms with Gasteiger partial charge in [-0.25, -0.2) is 4.98 Å². The number of aryl methyl sites for hydroxylation is 1. The van der Waals surface area contributed by atoms with Crippen LogP contribution in [-0.2, 0) is 6.42 Å². The molecule has 0 radical (unpaired) electrons. The minimum absolute atomic E-state index is 1.05. The van der Waals surface area contributed by atoms with E-state index in [1.165, 1.54) is 12.8 Å². The average Bonchev–Trinajstić information content (AvgIpc) is 2.43. The van der Waals surface area contributed by atoms with E-state index in [0.29, 0.717) is 0 Å². The van der Waals surface area contributed by atoms with E-state index in [-0.39, 0.29) is 0 Å². The van der Waals surface area contributed by atoms with Gasteiger partial charge < -0.3 is 0 Å². The predicted molar refractivity (Wildman–Crippen MR) is 54.6 cm³/mol. The summed E-state index contributed by atoms with van der Waals surface area (Å²) in [6.45, 7) is 2.14. The number of aromatic nitrogens is 1. The van der Waals surface area contributed by atoms with Crippen LogP contribution in [0.1, 0.15) is 11.9 Å². The van der Waals surface area contributed by atoms with E-state index in [1.807, 2.05) is 0 Å². The molecule has 2 aromatic rings. The van der Waals surface area contributed by atoms with Crippen molar-refractivity contribution in [3.8, 4) is 0 Å². The van der Waals surface area contributed by atoms with Crippen LogP contribution < -0.4 is 0 Å². The number of halogens is 1. The van der Waals surface area contributed by atoms with E-state index in [0.717, 1.165) is 11.9 Å². The molecule has 2 heterocycles. The summed E-state index contributed by atoms with van der Waals surface area (Å²) in [6, 6.07) is 2.08. The van der Waals surface area contributed by atoms with Crippen LogP contribution in [0.5, 0.6) is 0 Å². The van der Waals surface area contributed by atoms with Gasteiger partial charge in [0.1, 0.15) is 4.01 Å². The Morgan fingerprint density at radius 2 is 2.36 bits per heavy atom. The predicted octanol–water partition coefficient (Wildman–Crippen LogP) is 3.68. The maximum Gasteiger partial charge on any atom is 0.108 e. The van der Waals surface area contributed by atoms with Gasteiger partial charge in [0.15, 0.2) is 0 Å². The molecule has 0 aromatic carbocycles. The molecule has 0 bridgehead atoms. The quantitative estimate of drug-likeness (QED) is 0.750. The number of thiophene rings is 1. The number of nitrogens with zero attached hydrogens (tertiary/aromatic N) is 1. The second kappa shape index (κ2) is 2.84. The molecule has 0 aliphatic carbocycles. The minimum Gasteiger partial charge on any atom is -0.240 e. The Labute approximate surface area is 81.2 Å². The van der Waals surface area contributed by atoms with Crippen molar-refractivity contribution >= 4 is 48.1 Å². The number of rotatable bonds is 1. The zero-order valence-corrected chi connectivity index (χ0v) is 9.15. The van der Waals surface area contributed by atoms with Gasteiger partial charge in [0, 0.05) is 0 Å². The lowest BCUT2D eigenvalue weighted by Crippen LogP contribution is -1.72. The zero-order valence-electron chi connectivity index (χ0n) is 5.93. The minimum atomic E-state index is 1.05. The Hall–Kier alpha value is 0.0700. The first-order chi connectivity index (χ1) is 5.29. The third kappa shape index (κ3) is 1.35. The SMILES string of the molecule is CCc1nc2cc(Br)sc2s1. The van der Waals surface area contributed by atoms with E-state index in [1.54, 1.807) is 22.7 Å². The van der Waals surface area contributed by atoms with E-state index in [2.05, 4.69) is 33.9 Å². The molecule has 0 saturated carbocycles. The molecule has 0 N–H and O–H groups in total. The first kappa shape index (κ1) is 7.71. The lowest BCUT2D eigenvalue weighted by molar-refractivity contribution is 1.11. The van der Waals surface area contributed by atoms with Crippen LogP contribution in [0.3, 0.4) is 0 Å². The molecular formula is C7H6BrNS2. The highest BCUT2D eigenvalue weighted by atomic mass is 79.9. The summed E-state index contributed by atoms with van der Waals surface area (Å²) < 4.78 is 2.50. The summed E-state index contributed by atoms with van der Waals surface area (Å²) >= 11 is 6.99. The van der Waals surface area contributed by atoms with E-state index in [4.69, 9.17) is 0 Å². The number of fused-ring (bicyclic) bond motifs is 1. The van der Waals surface area contributed by atoms with Crippen LogP contribution in [0, 0.1) is 0 Å². The molecule has 2 aromatic heterocycles. The molecule has 1 nitrogen and oxygen atoms in total. The molecule has 2 rings (SSSR count). The molecule has 0 saturated heterocycles. The molecule has 0 aliphatic rings. The van der Waals surface area contributed by atoms with Gasteiger partial charge in [0.05, 0.1) is 14.3 Å². The molecule has 0 fully saturated rings. The van der Waals surface area contributed by atoms with Crippen LogP contribution in [0.25, 0.3) is 9.53 Å². The molecule has 0 atom stereocenters. The average molecular weight is 248 g/mol. The van der Waals surface area contributed by atoms with Crippen molar-refractivity contribution in [3.05, 3.63) is 14.9 Å². The highest BCUT2D eigenvalue weighted by molar-refractivity contribution is 9.11. The van der Waals surface area contributed by atoms with Crippen LogP contribution in [0.2, 0.25) is 0 Å². The Bertz CT molecular complexity index is 345. The Balaban J connectivity index is 2.64. The highest BCUT2D eigenvalue weighted by Crippen LogP contribution is 2.33. The fraction of sp³-hybridized carbons (Fsp3) is 0.286. The topological polar surface area (TPSA) is 12.9 Å². The van der Waals surface area contributed by atoms with E-state index < -0.39 is 0 Å². The van der Waals surface area contributed by atoms with Gasteiger partial charge >= 0.3 is 0 Å². The van der Waals surface area contributed by atoms with Crippen molar-refractivity contribution in [3.63, 3.8) is 0 Å². The van der Waals surface area contributed by atoms with Crippen LogP contribution in [0.15, 0.2) is 9.85 Å². The standard InChI is InChI=1S/C7H6BrNS2/c1-2-6-9-4-3-5(8)10-7(4)11-6/h3H,2H2,1H3. The third-order valence-corrected chi connectivity index (χ3v) is 4.34. The van der Waals surface area contributed by atoms with Crippen molar-refractivity contribution < 1.29 is 0 Å². The molecule has 0 spiro atoms. The second-order valence-corrected chi connectivity index (χ2v) is 5.96. The molecule has 11 heavy (non-hydrogen) atoms. The zero-order chi connectivity index (χ0) is 7.84. The number of hydrogen-bond acceptors (Lipinski definition) is 3. The summed E-state index contributed by atoms with van der Waals surface area (Å²) in [6.07, 6.45) is 1.05. The molecule has 0 unspecified atom stereocenters. The van der Waals surface area contributed by atoms with Crippen molar-refractivity contribution in [2.45, 2.75) is 13.3 Å². The van der Waals surface area contributed by atoms with Gasteiger partial charge in [-0.15, -0.1) is 22.7 Å². The number of hydrogen-bond donors (Lipinski definition) is 0.